The van der Waals surface area contributed by atoms with Gasteiger partial charge in [0.25, 0.3) is 0 Å². The highest BCUT2D eigenvalue weighted by Gasteiger charge is 2.21. The first-order chi connectivity index (χ1) is 8.25. The molecule has 2 N–H and O–H groups in total. The molecule has 3 heterocycles. The first kappa shape index (κ1) is 11.3. The fourth-order valence-corrected chi connectivity index (χ4v) is 3.71. The van der Waals surface area contributed by atoms with E-state index in [4.69, 9.17) is 5.73 Å². The molecule has 0 aliphatic carbocycles. The van der Waals surface area contributed by atoms with Crippen molar-refractivity contribution in [2.75, 3.05) is 17.2 Å². The molecule has 6 heteroatoms. The van der Waals surface area contributed by atoms with Crippen LogP contribution < -0.4 is 5.73 Å². The molecule has 0 amide bonds. The van der Waals surface area contributed by atoms with Gasteiger partial charge in [0, 0.05) is 22.5 Å². The molecular formula is C11H13BrN4S. The summed E-state index contributed by atoms with van der Waals surface area (Å²) in [6.45, 7) is 0. The molecule has 1 aliphatic rings. The second-order valence-corrected chi connectivity index (χ2v) is 6.27. The third-order valence-electron chi connectivity index (χ3n) is 3.03. The normalized spacial score (nSPS) is 20.9. The molecule has 0 bridgehead atoms. The Morgan fingerprint density at radius 2 is 2.41 bits per heavy atom. The van der Waals surface area contributed by atoms with Gasteiger partial charge in [0.2, 0.25) is 5.95 Å². The third-order valence-corrected chi connectivity index (χ3v) is 4.66. The van der Waals surface area contributed by atoms with E-state index in [1.54, 1.807) is 6.20 Å². The monoisotopic (exact) mass is 312 g/mol. The largest absolute Gasteiger partial charge is 0.369 e. The lowest BCUT2D eigenvalue weighted by Crippen LogP contribution is -2.18. The smallest absolute Gasteiger partial charge is 0.202 e. The maximum atomic E-state index is 6.02. The van der Waals surface area contributed by atoms with Crippen molar-refractivity contribution in [3.63, 3.8) is 0 Å². The van der Waals surface area contributed by atoms with E-state index in [2.05, 4.69) is 30.5 Å². The van der Waals surface area contributed by atoms with Crippen molar-refractivity contribution in [2.24, 2.45) is 0 Å². The number of fused-ring (bicyclic) bond motifs is 1. The Hall–Kier alpha value is -0.750. The molecule has 0 aromatic carbocycles. The Kier molecular flexibility index (Phi) is 3.00. The van der Waals surface area contributed by atoms with Crippen molar-refractivity contribution in [1.29, 1.82) is 0 Å². The van der Waals surface area contributed by atoms with E-state index in [1.807, 2.05) is 17.8 Å². The van der Waals surface area contributed by atoms with Gasteiger partial charge >= 0.3 is 0 Å². The van der Waals surface area contributed by atoms with Crippen LogP contribution in [0.15, 0.2) is 16.7 Å². The third kappa shape index (κ3) is 2.04. The number of imidazole rings is 1. The average molecular weight is 313 g/mol. The van der Waals surface area contributed by atoms with E-state index in [0.717, 1.165) is 21.4 Å². The number of nitrogens with two attached hydrogens (primary N) is 1. The van der Waals surface area contributed by atoms with Gasteiger partial charge < -0.3 is 5.73 Å². The summed E-state index contributed by atoms with van der Waals surface area (Å²) in [6.07, 6.45) is 4.21. The number of hydrogen-bond donors (Lipinski definition) is 1. The molecular weight excluding hydrogens is 300 g/mol. The SMILES string of the molecule is Nc1nc2cc(Br)cnc2n1C1CCCSC1. The van der Waals surface area contributed by atoms with Crippen LogP contribution >= 0.6 is 27.7 Å². The molecule has 3 rings (SSSR count). The van der Waals surface area contributed by atoms with Crippen LogP contribution in [0.4, 0.5) is 5.95 Å². The van der Waals surface area contributed by atoms with E-state index >= 15 is 0 Å². The summed E-state index contributed by atoms with van der Waals surface area (Å²) in [7, 11) is 0. The minimum absolute atomic E-state index is 0.437. The standard InChI is InChI=1S/C11H13BrN4S/c12-7-4-9-10(14-5-7)16(11(13)15-9)8-2-1-3-17-6-8/h4-5,8H,1-3,6H2,(H2,13,15). The summed E-state index contributed by atoms with van der Waals surface area (Å²) >= 11 is 5.39. The molecule has 0 radical (unpaired) electrons. The molecule has 17 heavy (non-hydrogen) atoms. The number of nitrogens with zero attached hydrogens (tertiary/aromatic N) is 3. The first-order valence-corrected chi connectivity index (χ1v) is 7.57. The quantitative estimate of drug-likeness (QED) is 0.879. The first-order valence-electron chi connectivity index (χ1n) is 5.62. The summed E-state index contributed by atoms with van der Waals surface area (Å²) in [4.78, 5) is 8.83. The van der Waals surface area contributed by atoms with Crippen LogP contribution in [0, 0.1) is 0 Å². The van der Waals surface area contributed by atoms with Crippen LogP contribution in [-0.4, -0.2) is 26.0 Å². The maximum Gasteiger partial charge on any atom is 0.202 e. The topological polar surface area (TPSA) is 56.7 Å². The maximum absolute atomic E-state index is 6.02. The van der Waals surface area contributed by atoms with Crippen molar-refractivity contribution < 1.29 is 0 Å². The molecule has 1 unspecified atom stereocenters. The van der Waals surface area contributed by atoms with Crippen molar-refractivity contribution in [1.82, 2.24) is 14.5 Å². The molecule has 90 valence electrons. The number of thioether (sulfide) groups is 1. The van der Waals surface area contributed by atoms with Gasteiger partial charge in [0.15, 0.2) is 5.65 Å². The van der Waals surface area contributed by atoms with E-state index in [1.165, 1.54) is 18.6 Å². The zero-order valence-corrected chi connectivity index (χ0v) is 11.7. The minimum atomic E-state index is 0.437. The number of hydrogen-bond acceptors (Lipinski definition) is 4. The average Bonchev–Trinajstić information content (AvgIpc) is 2.65. The molecule has 0 saturated carbocycles. The van der Waals surface area contributed by atoms with Crippen molar-refractivity contribution in [3.8, 4) is 0 Å². The summed E-state index contributed by atoms with van der Waals surface area (Å²) in [5.74, 6) is 2.94. The van der Waals surface area contributed by atoms with Crippen molar-refractivity contribution in [3.05, 3.63) is 16.7 Å². The van der Waals surface area contributed by atoms with Gasteiger partial charge in [-0.25, -0.2) is 9.97 Å². The summed E-state index contributed by atoms with van der Waals surface area (Å²) in [6, 6.07) is 2.40. The van der Waals surface area contributed by atoms with Crippen LogP contribution in [0.2, 0.25) is 0 Å². The second-order valence-electron chi connectivity index (χ2n) is 4.21. The molecule has 1 fully saturated rings. The fourth-order valence-electron chi connectivity index (χ4n) is 2.26. The molecule has 1 atom stereocenters. The highest BCUT2D eigenvalue weighted by atomic mass is 79.9. The lowest BCUT2D eigenvalue weighted by atomic mass is 10.2. The predicted molar refractivity (Wildman–Crippen MR) is 75.2 cm³/mol. The summed E-state index contributed by atoms with van der Waals surface area (Å²) < 4.78 is 3.03. The van der Waals surface area contributed by atoms with Crippen LogP contribution in [0.1, 0.15) is 18.9 Å². The summed E-state index contributed by atoms with van der Waals surface area (Å²) in [5, 5.41) is 0. The predicted octanol–water partition coefficient (Wildman–Crippen LogP) is 2.84. The summed E-state index contributed by atoms with van der Waals surface area (Å²) in [5.41, 5.74) is 7.79. The van der Waals surface area contributed by atoms with Gasteiger partial charge in [-0.3, -0.25) is 4.57 Å². The minimum Gasteiger partial charge on any atom is -0.369 e. The van der Waals surface area contributed by atoms with Gasteiger partial charge in [-0.15, -0.1) is 0 Å². The lowest BCUT2D eigenvalue weighted by Gasteiger charge is -2.23. The number of halogens is 1. The Labute approximate surface area is 112 Å². The number of aromatic nitrogens is 3. The van der Waals surface area contributed by atoms with Crippen molar-refractivity contribution in [2.45, 2.75) is 18.9 Å². The van der Waals surface area contributed by atoms with E-state index in [0.29, 0.717) is 12.0 Å². The fraction of sp³-hybridized carbons (Fsp3) is 0.455. The molecule has 4 nitrogen and oxygen atoms in total. The van der Waals surface area contributed by atoms with Gasteiger partial charge in [0.05, 0.1) is 0 Å². The van der Waals surface area contributed by atoms with E-state index in [9.17, 15) is 0 Å². The highest BCUT2D eigenvalue weighted by Crippen LogP contribution is 2.31. The second kappa shape index (κ2) is 4.49. The Bertz CT molecular complexity index is 548. The zero-order valence-electron chi connectivity index (χ0n) is 9.27. The van der Waals surface area contributed by atoms with Gasteiger partial charge in [-0.2, -0.15) is 11.8 Å². The number of rotatable bonds is 1. The van der Waals surface area contributed by atoms with Crippen LogP contribution in [0.5, 0.6) is 0 Å². The van der Waals surface area contributed by atoms with Crippen molar-refractivity contribution >= 4 is 44.8 Å². The Morgan fingerprint density at radius 3 is 3.18 bits per heavy atom. The van der Waals surface area contributed by atoms with Crippen LogP contribution in [-0.2, 0) is 0 Å². The number of nitrogen functional groups attached to an aromatic ring is 1. The van der Waals surface area contributed by atoms with Gasteiger partial charge in [-0.05, 0) is 40.6 Å². The lowest BCUT2D eigenvalue weighted by molar-refractivity contribution is 0.514. The molecule has 1 aliphatic heterocycles. The molecule has 2 aromatic heterocycles. The van der Waals surface area contributed by atoms with Crippen LogP contribution in [0.3, 0.4) is 0 Å². The Balaban J connectivity index is 2.11. The van der Waals surface area contributed by atoms with E-state index in [-0.39, 0.29) is 0 Å². The molecule has 0 spiro atoms. The number of anilines is 1. The number of pyridine rings is 1. The highest BCUT2D eigenvalue weighted by molar-refractivity contribution is 9.10. The molecule has 1 saturated heterocycles. The molecule has 2 aromatic rings. The van der Waals surface area contributed by atoms with Crippen LogP contribution in [0.25, 0.3) is 11.2 Å². The van der Waals surface area contributed by atoms with Gasteiger partial charge in [-0.1, -0.05) is 0 Å². The Morgan fingerprint density at radius 1 is 1.53 bits per heavy atom. The van der Waals surface area contributed by atoms with E-state index < -0.39 is 0 Å². The zero-order chi connectivity index (χ0) is 11.8. The van der Waals surface area contributed by atoms with Gasteiger partial charge in [0.1, 0.15) is 5.52 Å².